The Morgan fingerprint density at radius 1 is 1.35 bits per heavy atom. The number of hydrogen-bond acceptors (Lipinski definition) is 2. The van der Waals surface area contributed by atoms with Crippen LogP contribution in [-0.2, 0) is 9.59 Å². The minimum atomic E-state index is -1.05. The maximum Gasteiger partial charge on any atom is 0.257 e. The second-order valence-corrected chi connectivity index (χ2v) is 5.86. The van der Waals surface area contributed by atoms with E-state index in [1.165, 1.54) is 0 Å². The van der Waals surface area contributed by atoms with Crippen molar-refractivity contribution in [3.8, 4) is 0 Å². The third-order valence-electron chi connectivity index (χ3n) is 3.72. The van der Waals surface area contributed by atoms with Crippen LogP contribution in [0.15, 0.2) is 0 Å². The van der Waals surface area contributed by atoms with Crippen LogP contribution in [0.25, 0.3) is 0 Å². The van der Waals surface area contributed by atoms with E-state index in [1.54, 1.807) is 9.80 Å². The van der Waals surface area contributed by atoms with Crippen LogP contribution in [0.1, 0.15) is 32.6 Å². The van der Waals surface area contributed by atoms with Gasteiger partial charge in [-0.25, -0.2) is 0 Å². The first-order valence-corrected chi connectivity index (χ1v) is 6.74. The van der Waals surface area contributed by atoms with Gasteiger partial charge in [-0.15, -0.1) is 0 Å². The van der Waals surface area contributed by atoms with Gasteiger partial charge in [0.2, 0.25) is 5.91 Å². The van der Waals surface area contributed by atoms with Crippen molar-refractivity contribution in [1.82, 2.24) is 9.80 Å². The summed E-state index contributed by atoms with van der Waals surface area (Å²) >= 11 is 11.3. The predicted molar refractivity (Wildman–Crippen MR) is 65.8 cm³/mol. The largest absolute Gasteiger partial charge is 0.320 e. The van der Waals surface area contributed by atoms with E-state index in [1.807, 2.05) is 6.92 Å². The van der Waals surface area contributed by atoms with Crippen molar-refractivity contribution >= 4 is 35.0 Å². The van der Waals surface area contributed by atoms with Crippen LogP contribution in [0.2, 0.25) is 0 Å². The number of piperidine rings is 1. The smallest absolute Gasteiger partial charge is 0.257 e. The molecule has 0 radical (unpaired) electrons. The number of alkyl halides is 2. The molecule has 1 atom stereocenters. The van der Waals surface area contributed by atoms with Gasteiger partial charge in [-0.2, -0.15) is 0 Å². The van der Waals surface area contributed by atoms with E-state index in [-0.39, 0.29) is 11.8 Å². The van der Waals surface area contributed by atoms with Gasteiger partial charge in [0.1, 0.15) is 5.66 Å². The van der Waals surface area contributed by atoms with Crippen LogP contribution < -0.4 is 0 Å². The van der Waals surface area contributed by atoms with E-state index in [9.17, 15) is 9.59 Å². The number of amides is 2. The Bertz CT molecular complexity index is 348. The van der Waals surface area contributed by atoms with Crippen LogP contribution in [0.4, 0.5) is 0 Å². The van der Waals surface area contributed by atoms with Gasteiger partial charge in [-0.1, -0.05) is 23.2 Å². The van der Waals surface area contributed by atoms with Gasteiger partial charge < -0.3 is 9.80 Å². The third kappa shape index (κ3) is 2.13. The summed E-state index contributed by atoms with van der Waals surface area (Å²) in [6.45, 7) is 3.26. The third-order valence-corrected chi connectivity index (χ3v) is 4.09. The summed E-state index contributed by atoms with van der Waals surface area (Å²) in [5, 5.41) is 0. The fourth-order valence-corrected chi connectivity index (χ4v) is 3.09. The summed E-state index contributed by atoms with van der Waals surface area (Å²) < 4.78 is 0. The second kappa shape index (κ2) is 4.65. The van der Waals surface area contributed by atoms with Crippen molar-refractivity contribution in [2.45, 2.75) is 43.1 Å². The summed E-state index contributed by atoms with van der Waals surface area (Å²) in [7, 11) is 0. The molecule has 0 spiro atoms. The molecular weight excluding hydrogens is 263 g/mol. The van der Waals surface area contributed by atoms with Crippen molar-refractivity contribution in [3.05, 3.63) is 0 Å². The van der Waals surface area contributed by atoms with Gasteiger partial charge in [0.05, 0.1) is 0 Å². The molecule has 0 bridgehead atoms. The zero-order valence-corrected chi connectivity index (χ0v) is 11.3. The van der Waals surface area contributed by atoms with Crippen LogP contribution >= 0.6 is 23.2 Å². The van der Waals surface area contributed by atoms with Gasteiger partial charge >= 0.3 is 0 Å². The molecule has 2 aliphatic heterocycles. The lowest BCUT2D eigenvalue weighted by Crippen LogP contribution is -2.68. The molecular formula is C11H16Cl2N2O2. The molecule has 17 heavy (non-hydrogen) atoms. The fourth-order valence-electron chi connectivity index (χ4n) is 2.85. The van der Waals surface area contributed by atoms with E-state index in [0.29, 0.717) is 19.5 Å². The number of fused-ring (bicyclic) bond motifs is 1. The number of carbonyl (C=O) groups excluding carboxylic acids is 2. The Hall–Kier alpha value is -0.480. The molecule has 96 valence electrons. The van der Waals surface area contributed by atoms with E-state index in [2.05, 4.69) is 0 Å². The summed E-state index contributed by atoms with van der Waals surface area (Å²) in [6.07, 6.45) is 2.96. The van der Waals surface area contributed by atoms with Crippen LogP contribution in [0.3, 0.4) is 0 Å². The predicted octanol–water partition coefficient (Wildman–Crippen LogP) is 1.75. The first-order chi connectivity index (χ1) is 7.97. The minimum absolute atomic E-state index is 0.122. The lowest BCUT2D eigenvalue weighted by Gasteiger charge is -2.54. The Kier molecular flexibility index (Phi) is 3.55. The molecule has 2 saturated heterocycles. The zero-order valence-electron chi connectivity index (χ0n) is 9.79. The summed E-state index contributed by atoms with van der Waals surface area (Å²) in [5.74, 6) is -0.174. The zero-order chi connectivity index (χ0) is 12.6. The second-order valence-electron chi connectivity index (χ2n) is 4.76. The van der Waals surface area contributed by atoms with Gasteiger partial charge in [-0.3, -0.25) is 9.59 Å². The number of hydrogen-bond donors (Lipinski definition) is 0. The molecule has 0 saturated carbocycles. The molecule has 0 N–H and O–H groups in total. The molecule has 2 fully saturated rings. The normalized spacial score (nSPS) is 29.5. The monoisotopic (exact) mass is 278 g/mol. The van der Waals surface area contributed by atoms with Crippen molar-refractivity contribution < 1.29 is 9.59 Å². The van der Waals surface area contributed by atoms with Crippen LogP contribution in [0.5, 0.6) is 0 Å². The molecule has 2 rings (SSSR count). The van der Waals surface area contributed by atoms with Crippen molar-refractivity contribution in [2.24, 2.45) is 0 Å². The average Bonchev–Trinajstić information content (AvgIpc) is 2.27. The maximum absolute atomic E-state index is 12.0. The number of rotatable bonds is 1. The molecule has 0 aromatic heterocycles. The Labute approximate surface area is 111 Å². The highest BCUT2D eigenvalue weighted by Gasteiger charge is 2.47. The van der Waals surface area contributed by atoms with Crippen molar-refractivity contribution in [3.63, 3.8) is 0 Å². The molecule has 2 aliphatic rings. The number of carbonyl (C=O) groups is 2. The van der Waals surface area contributed by atoms with Crippen molar-refractivity contribution in [2.75, 3.05) is 13.1 Å². The Balaban J connectivity index is 2.27. The van der Waals surface area contributed by atoms with Gasteiger partial charge in [0.25, 0.3) is 5.91 Å². The van der Waals surface area contributed by atoms with E-state index in [4.69, 9.17) is 23.2 Å². The summed E-state index contributed by atoms with van der Waals surface area (Å²) in [5.41, 5.74) is -0.535. The van der Waals surface area contributed by atoms with Gasteiger partial charge in [0, 0.05) is 19.5 Å². The SMILES string of the molecule is CC12CCCC(=O)N1CCCN2C(=O)C(Cl)Cl. The highest BCUT2D eigenvalue weighted by molar-refractivity contribution is 6.53. The summed E-state index contributed by atoms with van der Waals surface area (Å²) in [6, 6.07) is 0. The number of halogens is 2. The average molecular weight is 279 g/mol. The van der Waals surface area contributed by atoms with Crippen LogP contribution in [-0.4, -0.2) is 45.2 Å². The minimum Gasteiger partial charge on any atom is -0.320 e. The highest BCUT2D eigenvalue weighted by atomic mass is 35.5. The molecule has 1 unspecified atom stereocenters. The lowest BCUT2D eigenvalue weighted by molar-refractivity contribution is -0.169. The lowest BCUT2D eigenvalue weighted by atomic mass is 9.91. The molecule has 0 aromatic rings. The standard InChI is InChI=1S/C11H16Cl2N2O2/c1-11-5-2-4-8(16)14(11)6-3-7-15(11)10(17)9(12)13/h9H,2-7H2,1H3. The van der Waals surface area contributed by atoms with Crippen molar-refractivity contribution in [1.29, 1.82) is 0 Å². The molecule has 0 aromatic carbocycles. The quantitative estimate of drug-likeness (QED) is 0.686. The van der Waals surface area contributed by atoms with E-state index < -0.39 is 10.5 Å². The molecule has 2 heterocycles. The molecule has 2 amide bonds. The fraction of sp³-hybridized carbons (Fsp3) is 0.818. The topological polar surface area (TPSA) is 40.6 Å². The van der Waals surface area contributed by atoms with Gasteiger partial charge in [0.15, 0.2) is 4.84 Å². The van der Waals surface area contributed by atoms with E-state index >= 15 is 0 Å². The first-order valence-electron chi connectivity index (χ1n) is 5.87. The maximum atomic E-state index is 12.0. The molecule has 4 nitrogen and oxygen atoms in total. The molecule has 6 heteroatoms. The highest BCUT2D eigenvalue weighted by Crippen LogP contribution is 2.36. The molecule has 0 aliphatic carbocycles. The summed E-state index contributed by atoms with van der Waals surface area (Å²) in [4.78, 5) is 26.3. The Morgan fingerprint density at radius 3 is 2.71 bits per heavy atom. The van der Waals surface area contributed by atoms with Crippen LogP contribution in [0, 0.1) is 0 Å². The Morgan fingerprint density at radius 2 is 2.06 bits per heavy atom. The first kappa shape index (κ1) is 13.0. The number of nitrogens with zero attached hydrogens (tertiary/aromatic N) is 2. The van der Waals surface area contributed by atoms with Gasteiger partial charge in [-0.05, 0) is 26.2 Å². The van der Waals surface area contributed by atoms with E-state index in [0.717, 1.165) is 19.3 Å².